The first-order valence-electron chi connectivity index (χ1n) is 10.3. The minimum atomic E-state index is 0.176. The van der Waals surface area contributed by atoms with E-state index in [0.717, 1.165) is 43.8 Å². The Bertz CT molecular complexity index is 663. The number of fused-ring (bicyclic) bond motifs is 1. The maximum Gasteiger partial charge on any atom is 0.223 e. The lowest BCUT2D eigenvalue weighted by atomic mass is 9.89. The quantitative estimate of drug-likeness (QED) is 0.740. The molecule has 7 heteroatoms. The second-order valence-electron chi connectivity index (χ2n) is 7.52. The highest BCUT2D eigenvalue weighted by atomic mass is 16.2. The molecular weight excluding hydrogens is 342 g/mol. The van der Waals surface area contributed by atoms with Gasteiger partial charge in [-0.15, -0.1) is 16.8 Å². The number of nitrogens with one attached hydrogen (secondary N) is 1. The molecule has 1 aliphatic heterocycles. The largest absolute Gasteiger partial charge is 0.355 e. The fourth-order valence-corrected chi connectivity index (χ4v) is 4.01. The van der Waals surface area contributed by atoms with Crippen LogP contribution in [0.25, 0.3) is 0 Å². The van der Waals surface area contributed by atoms with Crippen molar-refractivity contribution in [2.75, 3.05) is 19.6 Å². The Hall–Kier alpha value is -2.18. The molecule has 0 atom stereocenters. The van der Waals surface area contributed by atoms with Gasteiger partial charge < -0.3 is 14.8 Å². The Labute approximate surface area is 161 Å². The van der Waals surface area contributed by atoms with Gasteiger partial charge in [-0.3, -0.25) is 9.59 Å². The van der Waals surface area contributed by atoms with Crippen LogP contribution in [0.3, 0.4) is 0 Å². The predicted octanol–water partition coefficient (Wildman–Crippen LogP) is 1.87. The van der Waals surface area contributed by atoms with E-state index in [1.807, 2.05) is 4.90 Å². The molecule has 0 aromatic carbocycles. The molecular formula is C20H31N5O2. The monoisotopic (exact) mass is 373 g/mol. The van der Waals surface area contributed by atoms with E-state index in [2.05, 4.69) is 26.7 Å². The minimum Gasteiger partial charge on any atom is -0.355 e. The number of nitrogens with zero attached hydrogens (tertiary/aromatic N) is 4. The summed E-state index contributed by atoms with van der Waals surface area (Å²) < 4.78 is 2.12. The van der Waals surface area contributed by atoms with Gasteiger partial charge in [0.15, 0.2) is 0 Å². The van der Waals surface area contributed by atoms with Crippen LogP contribution < -0.4 is 5.32 Å². The van der Waals surface area contributed by atoms with Crippen LogP contribution in [-0.4, -0.2) is 51.1 Å². The van der Waals surface area contributed by atoms with Crippen molar-refractivity contribution >= 4 is 11.8 Å². The molecule has 148 valence electrons. The summed E-state index contributed by atoms with van der Waals surface area (Å²) in [4.78, 5) is 26.4. The highest BCUT2D eigenvalue weighted by Gasteiger charge is 2.23. The molecule has 0 saturated heterocycles. The SMILES string of the molecule is C=CCCC(=O)N1CCc2nnc(CCNC(=O)C3CCCCC3)n2CC1. The van der Waals surface area contributed by atoms with E-state index < -0.39 is 0 Å². The summed E-state index contributed by atoms with van der Waals surface area (Å²) in [6.45, 7) is 6.36. The number of amides is 2. The number of hydrogen-bond acceptors (Lipinski definition) is 4. The van der Waals surface area contributed by atoms with Crippen LogP contribution >= 0.6 is 0 Å². The fraction of sp³-hybridized carbons (Fsp3) is 0.700. The Morgan fingerprint density at radius 2 is 1.96 bits per heavy atom. The van der Waals surface area contributed by atoms with Crippen molar-refractivity contribution < 1.29 is 9.59 Å². The molecule has 1 saturated carbocycles. The fourth-order valence-electron chi connectivity index (χ4n) is 4.01. The van der Waals surface area contributed by atoms with Gasteiger partial charge in [0.05, 0.1) is 0 Å². The highest BCUT2D eigenvalue weighted by Crippen LogP contribution is 2.23. The number of allylic oxidation sites excluding steroid dienone is 1. The summed E-state index contributed by atoms with van der Waals surface area (Å²) in [6.07, 6.45) is 10.0. The Morgan fingerprint density at radius 1 is 1.15 bits per heavy atom. The van der Waals surface area contributed by atoms with Gasteiger partial charge in [-0.2, -0.15) is 0 Å². The molecule has 1 aromatic heterocycles. The van der Waals surface area contributed by atoms with Crippen LogP contribution in [0.4, 0.5) is 0 Å². The number of hydrogen-bond donors (Lipinski definition) is 1. The van der Waals surface area contributed by atoms with Gasteiger partial charge in [0.25, 0.3) is 0 Å². The van der Waals surface area contributed by atoms with Crippen molar-refractivity contribution in [3.05, 3.63) is 24.3 Å². The van der Waals surface area contributed by atoms with Crippen LogP contribution in [0.1, 0.15) is 56.6 Å². The summed E-state index contributed by atoms with van der Waals surface area (Å²) in [5, 5.41) is 11.7. The minimum absolute atomic E-state index is 0.176. The van der Waals surface area contributed by atoms with Crippen molar-refractivity contribution in [3.8, 4) is 0 Å². The average molecular weight is 374 g/mol. The topological polar surface area (TPSA) is 80.1 Å². The van der Waals surface area contributed by atoms with Crippen molar-refractivity contribution in [2.45, 2.75) is 64.3 Å². The zero-order chi connectivity index (χ0) is 19.1. The number of rotatable bonds is 7. The molecule has 0 radical (unpaired) electrons. The van der Waals surface area contributed by atoms with Crippen LogP contribution in [0.2, 0.25) is 0 Å². The molecule has 1 N–H and O–H groups in total. The molecule has 1 aromatic rings. The third kappa shape index (κ3) is 5.17. The number of carbonyl (C=O) groups is 2. The van der Waals surface area contributed by atoms with E-state index in [1.165, 1.54) is 6.42 Å². The Morgan fingerprint density at radius 3 is 2.74 bits per heavy atom. The maximum absolute atomic E-state index is 12.3. The molecule has 1 aliphatic carbocycles. The Balaban J connectivity index is 1.49. The lowest BCUT2D eigenvalue weighted by Crippen LogP contribution is -2.34. The smallest absolute Gasteiger partial charge is 0.223 e. The zero-order valence-electron chi connectivity index (χ0n) is 16.2. The van der Waals surface area contributed by atoms with Gasteiger partial charge in [-0.05, 0) is 19.3 Å². The zero-order valence-corrected chi connectivity index (χ0v) is 16.2. The van der Waals surface area contributed by atoms with Gasteiger partial charge in [-0.25, -0.2) is 0 Å². The second kappa shape index (κ2) is 9.67. The summed E-state index contributed by atoms with van der Waals surface area (Å²) >= 11 is 0. The molecule has 0 spiro atoms. The van der Waals surface area contributed by atoms with Crippen molar-refractivity contribution in [1.82, 2.24) is 25.0 Å². The second-order valence-corrected chi connectivity index (χ2v) is 7.52. The van der Waals surface area contributed by atoms with Gasteiger partial charge >= 0.3 is 0 Å². The predicted molar refractivity (Wildman–Crippen MR) is 103 cm³/mol. The molecule has 0 bridgehead atoms. The molecule has 0 unspecified atom stereocenters. The summed E-state index contributed by atoms with van der Waals surface area (Å²) in [6, 6.07) is 0. The van der Waals surface area contributed by atoms with Crippen LogP contribution in [-0.2, 0) is 29.0 Å². The summed E-state index contributed by atoms with van der Waals surface area (Å²) in [5.41, 5.74) is 0. The summed E-state index contributed by atoms with van der Waals surface area (Å²) in [5.74, 6) is 2.38. The van der Waals surface area contributed by atoms with Gasteiger partial charge in [0.2, 0.25) is 11.8 Å². The van der Waals surface area contributed by atoms with Gasteiger partial charge in [0, 0.05) is 51.4 Å². The van der Waals surface area contributed by atoms with E-state index in [9.17, 15) is 9.59 Å². The van der Waals surface area contributed by atoms with Crippen LogP contribution in [0.5, 0.6) is 0 Å². The first-order chi connectivity index (χ1) is 13.2. The standard InChI is InChI=1S/C20H31N5O2/c1-2-3-9-19(26)24-13-11-18-23-22-17(25(18)15-14-24)10-12-21-20(27)16-7-5-4-6-8-16/h2,16H,1,3-15H2,(H,21,27). The third-order valence-corrected chi connectivity index (χ3v) is 5.64. The van der Waals surface area contributed by atoms with E-state index in [-0.39, 0.29) is 17.7 Å². The van der Waals surface area contributed by atoms with Crippen molar-refractivity contribution in [1.29, 1.82) is 0 Å². The molecule has 7 nitrogen and oxygen atoms in total. The van der Waals surface area contributed by atoms with Gasteiger partial charge in [0.1, 0.15) is 11.6 Å². The van der Waals surface area contributed by atoms with E-state index in [4.69, 9.17) is 0 Å². The highest BCUT2D eigenvalue weighted by molar-refractivity contribution is 5.78. The summed E-state index contributed by atoms with van der Waals surface area (Å²) in [7, 11) is 0. The molecule has 1 fully saturated rings. The third-order valence-electron chi connectivity index (χ3n) is 5.64. The number of aromatic nitrogens is 3. The number of carbonyl (C=O) groups excluding carboxylic acids is 2. The molecule has 2 amide bonds. The van der Waals surface area contributed by atoms with E-state index in [0.29, 0.717) is 45.4 Å². The lowest BCUT2D eigenvalue weighted by molar-refractivity contribution is -0.131. The van der Waals surface area contributed by atoms with Crippen LogP contribution in [0, 0.1) is 5.92 Å². The first-order valence-corrected chi connectivity index (χ1v) is 10.3. The first kappa shape index (κ1) is 19.6. The lowest BCUT2D eigenvalue weighted by Gasteiger charge is -2.21. The molecule has 2 aliphatic rings. The maximum atomic E-state index is 12.3. The van der Waals surface area contributed by atoms with Crippen molar-refractivity contribution in [2.24, 2.45) is 5.92 Å². The van der Waals surface area contributed by atoms with Crippen molar-refractivity contribution in [3.63, 3.8) is 0 Å². The van der Waals surface area contributed by atoms with E-state index in [1.54, 1.807) is 6.08 Å². The van der Waals surface area contributed by atoms with Gasteiger partial charge in [-0.1, -0.05) is 25.3 Å². The Kier molecular flexibility index (Phi) is 7.01. The molecule has 3 rings (SSSR count). The average Bonchev–Trinajstić information content (AvgIpc) is 2.95. The molecule has 27 heavy (non-hydrogen) atoms. The van der Waals surface area contributed by atoms with E-state index >= 15 is 0 Å². The normalized spacial score (nSPS) is 17.9. The molecule has 2 heterocycles. The van der Waals surface area contributed by atoms with Crippen LogP contribution in [0.15, 0.2) is 12.7 Å².